The van der Waals surface area contributed by atoms with Crippen LogP contribution in [0.4, 0.5) is 5.69 Å². The predicted octanol–water partition coefficient (Wildman–Crippen LogP) is 4.78. The van der Waals surface area contributed by atoms with Crippen molar-refractivity contribution in [2.24, 2.45) is 0 Å². The lowest BCUT2D eigenvalue weighted by Gasteiger charge is -2.10. The number of benzene rings is 2. The van der Waals surface area contributed by atoms with E-state index in [0.29, 0.717) is 17.9 Å². The zero-order chi connectivity index (χ0) is 19.5. The summed E-state index contributed by atoms with van der Waals surface area (Å²) in [5.41, 5.74) is 5.36. The molecule has 0 aliphatic rings. The molecule has 0 aliphatic heterocycles. The number of hydrogen-bond donors (Lipinski definition) is 1. The number of carbonyl (C=O) groups excluding carboxylic acids is 1. The molecule has 0 aliphatic carbocycles. The van der Waals surface area contributed by atoms with E-state index in [1.807, 2.05) is 67.0 Å². The van der Waals surface area contributed by atoms with Gasteiger partial charge in [0.15, 0.2) is 0 Å². The quantitative estimate of drug-likeness (QED) is 0.549. The van der Waals surface area contributed by atoms with Gasteiger partial charge in [0.1, 0.15) is 18.0 Å². The minimum Gasteiger partial charge on any atom is -0.487 e. The maximum atomic E-state index is 12.5. The van der Waals surface area contributed by atoms with E-state index in [0.717, 1.165) is 22.6 Å². The van der Waals surface area contributed by atoms with Crippen molar-refractivity contribution in [3.63, 3.8) is 0 Å². The van der Waals surface area contributed by atoms with Gasteiger partial charge in [0, 0.05) is 23.6 Å². The van der Waals surface area contributed by atoms with Gasteiger partial charge in [-0.15, -0.1) is 0 Å². The maximum Gasteiger partial charge on any atom is 0.255 e. The molecule has 0 fully saturated rings. The van der Waals surface area contributed by atoms with E-state index < -0.39 is 0 Å². The van der Waals surface area contributed by atoms with Gasteiger partial charge in [0.05, 0.1) is 5.69 Å². The maximum absolute atomic E-state index is 12.5. The van der Waals surface area contributed by atoms with Gasteiger partial charge in [-0.05, 0) is 61.9 Å². The lowest BCUT2D eigenvalue weighted by Crippen LogP contribution is -2.12. The van der Waals surface area contributed by atoms with Crippen LogP contribution in [0.25, 0.3) is 5.65 Å². The molecular formula is C23H21N3O2. The van der Waals surface area contributed by atoms with Crippen molar-refractivity contribution in [1.82, 2.24) is 9.38 Å². The largest absolute Gasteiger partial charge is 0.487 e. The normalized spacial score (nSPS) is 10.8. The molecule has 28 heavy (non-hydrogen) atoms. The van der Waals surface area contributed by atoms with Crippen LogP contribution in [0.5, 0.6) is 5.75 Å². The number of amides is 1. The number of carbonyl (C=O) groups is 1. The topological polar surface area (TPSA) is 55.6 Å². The number of hydrogen-bond acceptors (Lipinski definition) is 3. The summed E-state index contributed by atoms with van der Waals surface area (Å²) in [5.74, 6) is 0.555. The van der Waals surface area contributed by atoms with E-state index in [9.17, 15) is 4.79 Å². The summed E-state index contributed by atoms with van der Waals surface area (Å²) >= 11 is 0. The number of fused-ring (bicyclic) bond motifs is 1. The Morgan fingerprint density at radius 1 is 1.07 bits per heavy atom. The molecule has 140 valence electrons. The van der Waals surface area contributed by atoms with Gasteiger partial charge in [0.2, 0.25) is 0 Å². The fraction of sp³-hybridized carbons (Fsp3) is 0.130. The number of pyridine rings is 1. The number of aryl methyl sites for hydroxylation is 2. The third-order valence-electron chi connectivity index (χ3n) is 4.55. The Labute approximate surface area is 163 Å². The molecule has 0 radical (unpaired) electrons. The van der Waals surface area contributed by atoms with Crippen LogP contribution < -0.4 is 10.1 Å². The fourth-order valence-electron chi connectivity index (χ4n) is 3.06. The smallest absolute Gasteiger partial charge is 0.255 e. The molecular weight excluding hydrogens is 350 g/mol. The highest BCUT2D eigenvalue weighted by Gasteiger charge is 2.09. The van der Waals surface area contributed by atoms with Gasteiger partial charge in [-0.25, -0.2) is 4.98 Å². The first-order valence-electron chi connectivity index (χ1n) is 9.12. The van der Waals surface area contributed by atoms with Crippen LogP contribution in [0.2, 0.25) is 0 Å². The summed E-state index contributed by atoms with van der Waals surface area (Å²) in [6, 6.07) is 18.9. The van der Waals surface area contributed by atoms with Crippen molar-refractivity contribution in [2.45, 2.75) is 20.5 Å². The van der Waals surface area contributed by atoms with Crippen LogP contribution in [0, 0.1) is 13.8 Å². The molecule has 0 bridgehead atoms. The number of anilines is 1. The first kappa shape index (κ1) is 17.8. The van der Waals surface area contributed by atoms with E-state index in [1.54, 1.807) is 24.3 Å². The molecule has 0 spiro atoms. The molecule has 5 nitrogen and oxygen atoms in total. The van der Waals surface area contributed by atoms with Crippen LogP contribution >= 0.6 is 0 Å². The van der Waals surface area contributed by atoms with Crippen molar-refractivity contribution in [3.05, 3.63) is 95.4 Å². The van der Waals surface area contributed by atoms with Crippen LogP contribution in [0.15, 0.2) is 73.1 Å². The monoisotopic (exact) mass is 371 g/mol. The number of aromatic nitrogens is 2. The zero-order valence-corrected chi connectivity index (χ0v) is 15.8. The van der Waals surface area contributed by atoms with E-state index in [1.165, 1.54) is 5.56 Å². The third kappa shape index (κ3) is 3.88. The lowest BCUT2D eigenvalue weighted by atomic mass is 10.1. The number of ether oxygens (including phenoxy) is 1. The molecule has 4 aromatic rings. The van der Waals surface area contributed by atoms with Crippen molar-refractivity contribution >= 4 is 17.2 Å². The van der Waals surface area contributed by atoms with Crippen molar-refractivity contribution < 1.29 is 9.53 Å². The highest BCUT2D eigenvalue weighted by Crippen LogP contribution is 2.19. The first-order chi connectivity index (χ1) is 13.6. The first-order valence-corrected chi connectivity index (χ1v) is 9.12. The van der Waals surface area contributed by atoms with E-state index >= 15 is 0 Å². The van der Waals surface area contributed by atoms with Crippen molar-refractivity contribution in [3.8, 4) is 5.75 Å². The van der Waals surface area contributed by atoms with Gasteiger partial charge in [-0.3, -0.25) is 4.79 Å². The Balaban J connectivity index is 1.39. The van der Waals surface area contributed by atoms with Crippen LogP contribution in [-0.4, -0.2) is 15.3 Å². The molecule has 0 atom stereocenters. The molecule has 2 heterocycles. The molecule has 0 unspecified atom stereocenters. The Morgan fingerprint density at radius 3 is 2.64 bits per heavy atom. The number of rotatable bonds is 5. The van der Waals surface area contributed by atoms with E-state index in [4.69, 9.17) is 4.74 Å². The van der Waals surface area contributed by atoms with Crippen LogP contribution in [-0.2, 0) is 6.61 Å². The van der Waals surface area contributed by atoms with Crippen molar-refractivity contribution in [2.75, 3.05) is 5.32 Å². The standard InChI is InChI=1S/C23H21N3O2/c1-16-6-11-21(17(2)13-16)25-23(27)18-7-9-20(10-8-18)28-15-19-14-26-12-4-3-5-22(26)24-19/h3-14H,15H2,1-2H3,(H,25,27). The van der Waals surface area contributed by atoms with Gasteiger partial charge < -0.3 is 14.5 Å². The second-order valence-electron chi connectivity index (χ2n) is 6.78. The van der Waals surface area contributed by atoms with Crippen molar-refractivity contribution in [1.29, 1.82) is 0 Å². The van der Waals surface area contributed by atoms with Crippen LogP contribution in [0.1, 0.15) is 27.2 Å². The number of nitrogens with zero attached hydrogens (tertiary/aromatic N) is 2. The van der Waals surface area contributed by atoms with Crippen LogP contribution in [0.3, 0.4) is 0 Å². The number of imidazole rings is 1. The summed E-state index contributed by atoms with van der Waals surface area (Å²) in [6.07, 6.45) is 3.90. The fourth-order valence-corrected chi connectivity index (χ4v) is 3.06. The summed E-state index contributed by atoms with van der Waals surface area (Å²) in [5, 5.41) is 2.95. The zero-order valence-electron chi connectivity index (χ0n) is 15.8. The van der Waals surface area contributed by atoms with Gasteiger partial charge in [0.25, 0.3) is 5.91 Å². The molecule has 0 saturated carbocycles. The molecule has 5 heteroatoms. The van der Waals surface area contributed by atoms with Gasteiger partial charge in [-0.1, -0.05) is 23.8 Å². The molecule has 1 amide bonds. The highest BCUT2D eigenvalue weighted by molar-refractivity contribution is 6.04. The summed E-state index contributed by atoms with van der Waals surface area (Å²) in [6.45, 7) is 4.39. The molecule has 2 aromatic heterocycles. The Morgan fingerprint density at radius 2 is 1.89 bits per heavy atom. The van der Waals surface area contributed by atoms with Gasteiger partial charge >= 0.3 is 0 Å². The Kier molecular flexibility index (Phi) is 4.81. The predicted molar refractivity (Wildman–Crippen MR) is 110 cm³/mol. The Bertz CT molecular complexity index is 1100. The van der Waals surface area contributed by atoms with E-state index in [-0.39, 0.29) is 5.91 Å². The minimum atomic E-state index is -0.140. The lowest BCUT2D eigenvalue weighted by molar-refractivity contribution is 0.102. The second kappa shape index (κ2) is 7.56. The summed E-state index contributed by atoms with van der Waals surface area (Å²) < 4.78 is 7.76. The summed E-state index contributed by atoms with van der Waals surface area (Å²) in [4.78, 5) is 17.0. The molecule has 4 rings (SSSR count). The average molecular weight is 371 g/mol. The second-order valence-corrected chi connectivity index (χ2v) is 6.78. The minimum absolute atomic E-state index is 0.140. The molecule has 0 saturated heterocycles. The molecule has 2 aromatic carbocycles. The van der Waals surface area contributed by atoms with Gasteiger partial charge in [-0.2, -0.15) is 0 Å². The third-order valence-corrected chi connectivity index (χ3v) is 4.55. The number of nitrogens with one attached hydrogen (secondary N) is 1. The highest BCUT2D eigenvalue weighted by atomic mass is 16.5. The molecule has 1 N–H and O–H groups in total. The van der Waals surface area contributed by atoms with E-state index in [2.05, 4.69) is 10.3 Å². The SMILES string of the molecule is Cc1ccc(NC(=O)c2ccc(OCc3cn4ccccc4n3)cc2)c(C)c1. The summed E-state index contributed by atoms with van der Waals surface area (Å²) in [7, 11) is 0. The Hall–Kier alpha value is -3.60. The average Bonchev–Trinajstić information content (AvgIpc) is 3.12.